The first-order valence-corrected chi connectivity index (χ1v) is 6.87. The Labute approximate surface area is 118 Å². The maximum atomic E-state index is 12.6. The van der Waals surface area contributed by atoms with E-state index in [1.807, 2.05) is 5.38 Å². The Hall–Kier alpha value is -1.44. The molecule has 2 aromatic rings. The molecule has 0 radical (unpaired) electrons. The number of hydrogen-bond donors (Lipinski definition) is 2. The van der Waals surface area contributed by atoms with Gasteiger partial charge in [0.15, 0.2) is 0 Å². The molecule has 0 bridgehead atoms. The van der Waals surface area contributed by atoms with E-state index in [4.69, 9.17) is 5.84 Å². The summed E-state index contributed by atoms with van der Waals surface area (Å²) in [6.45, 7) is 0. The molecule has 0 spiro atoms. The van der Waals surface area contributed by atoms with Crippen LogP contribution in [0.25, 0.3) is 0 Å². The van der Waals surface area contributed by atoms with E-state index in [-0.39, 0.29) is 6.04 Å². The van der Waals surface area contributed by atoms with Crippen molar-refractivity contribution < 1.29 is 13.2 Å². The van der Waals surface area contributed by atoms with Gasteiger partial charge >= 0.3 is 6.18 Å². The van der Waals surface area contributed by atoms with Crippen LogP contribution < -0.4 is 11.3 Å². The van der Waals surface area contributed by atoms with Gasteiger partial charge in [-0.15, -0.1) is 11.3 Å². The molecule has 0 aliphatic heterocycles. The largest absolute Gasteiger partial charge is 0.416 e. The van der Waals surface area contributed by atoms with E-state index in [0.29, 0.717) is 18.4 Å². The molecule has 7 heteroatoms. The number of nitrogens with two attached hydrogens (primary N) is 1. The third-order valence-electron chi connectivity index (χ3n) is 2.88. The number of nitrogens with one attached hydrogen (secondary N) is 1. The van der Waals surface area contributed by atoms with Crippen LogP contribution in [0.3, 0.4) is 0 Å². The zero-order chi connectivity index (χ0) is 14.6. The number of hydrazine groups is 1. The number of halogens is 3. The first-order valence-electron chi connectivity index (χ1n) is 5.99. The lowest BCUT2D eigenvalue weighted by molar-refractivity contribution is -0.137. The summed E-state index contributed by atoms with van der Waals surface area (Å²) in [4.78, 5) is 4.15. The van der Waals surface area contributed by atoms with Gasteiger partial charge in [-0.1, -0.05) is 18.2 Å². The fourth-order valence-electron chi connectivity index (χ4n) is 1.91. The van der Waals surface area contributed by atoms with Gasteiger partial charge < -0.3 is 0 Å². The van der Waals surface area contributed by atoms with Gasteiger partial charge in [-0.2, -0.15) is 13.2 Å². The van der Waals surface area contributed by atoms with Crippen molar-refractivity contribution in [1.29, 1.82) is 0 Å². The fourth-order valence-corrected chi connectivity index (χ4v) is 2.61. The van der Waals surface area contributed by atoms with Gasteiger partial charge in [-0.05, 0) is 18.1 Å². The predicted octanol–water partition coefficient (Wildman–Crippen LogP) is 2.78. The molecule has 0 saturated heterocycles. The molecule has 1 aromatic carbocycles. The lowest BCUT2D eigenvalue weighted by atomic mass is 10.0. The average Bonchev–Trinajstić information content (AvgIpc) is 2.90. The van der Waals surface area contributed by atoms with Gasteiger partial charge in [-0.3, -0.25) is 11.3 Å². The summed E-state index contributed by atoms with van der Waals surface area (Å²) >= 11 is 1.50. The third-order valence-corrected chi connectivity index (χ3v) is 3.68. The van der Waals surface area contributed by atoms with Gasteiger partial charge in [-0.25, -0.2) is 4.98 Å². The van der Waals surface area contributed by atoms with E-state index >= 15 is 0 Å². The summed E-state index contributed by atoms with van der Waals surface area (Å²) in [5, 5.41) is 2.76. The first-order chi connectivity index (χ1) is 9.49. The third kappa shape index (κ3) is 4.03. The highest BCUT2D eigenvalue weighted by molar-refractivity contribution is 7.09. The predicted molar refractivity (Wildman–Crippen MR) is 72.1 cm³/mol. The minimum atomic E-state index is -4.32. The minimum absolute atomic E-state index is 0.148. The maximum absolute atomic E-state index is 12.6. The van der Waals surface area contributed by atoms with Crippen LogP contribution in [-0.4, -0.2) is 11.0 Å². The van der Waals surface area contributed by atoms with Crippen molar-refractivity contribution in [2.45, 2.75) is 25.1 Å². The zero-order valence-electron chi connectivity index (χ0n) is 10.5. The van der Waals surface area contributed by atoms with Crippen molar-refractivity contribution in [2.75, 3.05) is 0 Å². The molecule has 0 saturated carbocycles. The van der Waals surface area contributed by atoms with Crippen molar-refractivity contribution in [3.05, 3.63) is 52.0 Å². The molecular weight excluding hydrogens is 287 g/mol. The minimum Gasteiger partial charge on any atom is -0.271 e. The molecule has 1 unspecified atom stereocenters. The Morgan fingerprint density at radius 2 is 2.10 bits per heavy atom. The highest BCUT2D eigenvalue weighted by atomic mass is 32.1. The van der Waals surface area contributed by atoms with Crippen LogP contribution in [-0.2, 0) is 19.0 Å². The van der Waals surface area contributed by atoms with Crippen molar-refractivity contribution in [3.63, 3.8) is 0 Å². The highest BCUT2D eigenvalue weighted by Gasteiger charge is 2.30. The number of hydrogen-bond acceptors (Lipinski definition) is 4. The summed E-state index contributed by atoms with van der Waals surface area (Å²) in [6, 6.07) is 5.16. The molecular formula is C13H14F3N3S. The number of thiazole rings is 1. The monoisotopic (exact) mass is 301 g/mol. The van der Waals surface area contributed by atoms with Gasteiger partial charge in [0.2, 0.25) is 0 Å². The van der Waals surface area contributed by atoms with Gasteiger partial charge in [0.05, 0.1) is 10.6 Å². The quantitative estimate of drug-likeness (QED) is 0.659. The second-order valence-electron chi connectivity index (χ2n) is 4.40. The number of nitrogens with zero attached hydrogens (tertiary/aromatic N) is 1. The van der Waals surface area contributed by atoms with Crippen LogP contribution in [0.15, 0.2) is 35.8 Å². The molecule has 108 valence electrons. The second-order valence-corrected chi connectivity index (χ2v) is 5.37. The van der Waals surface area contributed by atoms with E-state index in [1.165, 1.54) is 17.4 Å². The molecule has 1 atom stereocenters. The van der Waals surface area contributed by atoms with E-state index in [2.05, 4.69) is 10.4 Å². The van der Waals surface area contributed by atoms with Crippen molar-refractivity contribution in [1.82, 2.24) is 10.4 Å². The molecule has 0 aliphatic carbocycles. The lowest BCUT2D eigenvalue weighted by Gasteiger charge is -2.15. The van der Waals surface area contributed by atoms with Gasteiger partial charge in [0.1, 0.15) is 0 Å². The van der Waals surface area contributed by atoms with Gasteiger partial charge in [0, 0.05) is 24.0 Å². The summed E-state index contributed by atoms with van der Waals surface area (Å²) in [6.07, 6.45) is -1.63. The lowest BCUT2D eigenvalue weighted by Crippen LogP contribution is -2.38. The summed E-state index contributed by atoms with van der Waals surface area (Å²) < 4.78 is 37.9. The fraction of sp³-hybridized carbons (Fsp3) is 0.308. The molecule has 2 rings (SSSR count). The molecule has 0 fully saturated rings. The topological polar surface area (TPSA) is 50.9 Å². The summed E-state index contributed by atoms with van der Waals surface area (Å²) in [5.41, 5.74) is 2.59. The normalized spacial score (nSPS) is 13.4. The summed E-state index contributed by atoms with van der Waals surface area (Å²) in [7, 11) is 0. The number of benzene rings is 1. The number of alkyl halides is 3. The van der Waals surface area contributed by atoms with E-state index in [0.717, 1.165) is 17.1 Å². The summed E-state index contributed by atoms with van der Waals surface area (Å²) in [5.74, 6) is 5.47. The van der Waals surface area contributed by atoms with E-state index in [9.17, 15) is 13.2 Å². The Morgan fingerprint density at radius 1 is 1.30 bits per heavy atom. The van der Waals surface area contributed by atoms with Crippen molar-refractivity contribution >= 4 is 11.3 Å². The Bertz CT molecular complexity index is 540. The van der Waals surface area contributed by atoms with E-state index in [1.54, 1.807) is 12.3 Å². The Morgan fingerprint density at radius 3 is 2.70 bits per heavy atom. The van der Waals surface area contributed by atoms with Crippen molar-refractivity contribution in [3.8, 4) is 0 Å². The van der Waals surface area contributed by atoms with Crippen LogP contribution in [0.5, 0.6) is 0 Å². The molecule has 1 aromatic heterocycles. The number of rotatable bonds is 5. The molecule has 3 N–H and O–H groups in total. The smallest absolute Gasteiger partial charge is 0.271 e. The van der Waals surface area contributed by atoms with Crippen LogP contribution in [0.2, 0.25) is 0 Å². The molecule has 0 amide bonds. The molecule has 20 heavy (non-hydrogen) atoms. The van der Waals surface area contributed by atoms with Crippen LogP contribution in [0.1, 0.15) is 16.1 Å². The van der Waals surface area contributed by atoms with Crippen molar-refractivity contribution in [2.24, 2.45) is 5.84 Å². The van der Waals surface area contributed by atoms with Crippen LogP contribution in [0, 0.1) is 0 Å². The standard InChI is InChI=1S/C13H14F3N3S/c14-13(15,16)10-3-1-2-9(6-10)7-11(19-17)8-12-18-4-5-20-12/h1-6,11,19H,7-8,17H2. The average molecular weight is 301 g/mol. The molecule has 1 heterocycles. The molecule has 3 nitrogen and oxygen atoms in total. The molecule has 0 aliphatic rings. The second kappa shape index (κ2) is 6.34. The highest BCUT2D eigenvalue weighted by Crippen LogP contribution is 2.29. The maximum Gasteiger partial charge on any atom is 0.416 e. The Kier molecular flexibility index (Phi) is 4.74. The Balaban J connectivity index is 2.07. The zero-order valence-corrected chi connectivity index (χ0v) is 11.3. The SMILES string of the molecule is NNC(Cc1cccc(C(F)(F)F)c1)Cc1nccs1. The number of aromatic nitrogens is 1. The van der Waals surface area contributed by atoms with Crippen LogP contribution >= 0.6 is 11.3 Å². The first kappa shape index (κ1) is 15.0. The van der Waals surface area contributed by atoms with Gasteiger partial charge in [0.25, 0.3) is 0 Å². The van der Waals surface area contributed by atoms with E-state index < -0.39 is 11.7 Å². The van der Waals surface area contributed by atoms with Crippen LogP contribution in [0.4, 0.5) is 13.2 Å².